The van der Waals surface area contributed by atoms with Crippen molar-refractivity contribution < 1.29 is 14.6 Å². The Bertz CT molecular complexity index is 570. The molecular weight excluding hydrogens is 246 g/mol. The van der Waals surface area contributed by atoms with Gasteiger partial charge in [0.25, 0.3) is 0 Å². The number of carboxylic acid groups (broad SMARTS) is 1. The van der Waals surface area contributed by atoms with Crippen molar-refractivity contribution in [1.29, 1.82) is 0 Å². The van der Waals surface area contributed by atoms with Crippen molar-refractivity contribution in [2.24, 2.45) is 0 Å². The Labute approximate surface area is 110 Å². The summed E-state index contributed by atoms with van der Waals surface area (Å²) in [5.74, 6) is -0.482. The molecule has 2 aromatic rings. The molecule has 6 nitrogen and oxygen atoms in total. The molecule has 0 aromatic carbocycles. The minimum Gasteiger partial charge on any atom is -0.481 e. The van der Waals surface area contributed by atoms with E-state index in [0.717, 1.165) is 11.3 Å². The predicted molar refractivity (Wildman–Crippen MR) is 69.3 cm³/mol. The highest BCUT2D eigenvalue weighted by Crippen LogP contribution is 2.12. The molecule has 0 atom stereocenters. The molecule has 0 amide bonds. The van der Waals surface area contributed by atoms with Crippen LogP contribution in [-0.4, -0.2) is 28.2 Å². The highest BCUT2D eigenvalue weighted by molar-refractivity contribution is 5.85. The Hall–Kier alpha value is -2.63. The highest BCUT2D eigenvalue weighted by atomic mass is 16.5. The van der Waals surface area contributed by atoms with E-state index in [4.69, 9.17) is 9.84 Å². The lowest BCUT2D eigenvalue weighted by molar-refractivity contribution is 0.0690. The molecule has 6 heteroatoms. The summed E-state index contributed by atoms with van der Waals surface area (Å²) in [6.07, 6.45) is 3.16. The number of hydrogen-bond acceptors (Lipinski definition) is 5. The molecule has 0 aliphatic carbocycles. The number of ether oxygens (including phenoxy) is 1. The van der Waals surface area contributed by atoms with Crippen LogP contribution in [0.4, 0.5) is 5.69 Å². The first-order valence-electron chi connectivity index (χ1n) is 5.61. The van der Waals surface area contributed by atoms with E-state index in [-0.39, 0.29) is 5.69 Å². The number of aromatic nitrogens is 2. The van der Waals surface area contributed by atoms with Crippen molar-refractivity contribution in [3.05, 3.63) is 47.9 Å². The molecule has 0 bridgehead atoms. The Kier molecular flexibility index (Phi) is 3.92. The summed E-state index contributed by atoms with van der Waals surface area (Å²) < 4.78 is 5.03. The maximum Gasteiger partial charge on any atom is 0.354 e. The van der Waals surface area contributed by atoms with E-state index in [9.17, 15) is 4.79 Å². The lowest BCUT2D eigenvalue weighted by Crippen LogP contribution is -2.03. The van der Waals surface area contributed by atoms with Crippen molar-refractivity contribution in [1.82, 2.24) is 9.97 Å². The molecule has 98 valence electrons. The average molecular weight is 259 g/mol. The second-order valence-corrected chi connectivity index (χ2v) is 3.80. The quantitative estimate of drug-likeness (QED) is 0.851. The van der Waals surface area contributed by atoms with Crippen molar-refractivity contribution in [2.75, 3.05) is 12.4 Å². The number of aromatic carboxylic acids is 1. The summed E-state index contributed by atoms with van der Waals surface area (Å²) in [7, 11) is 1.56. The third-order valence-corrected chi connectivity index (χ3v) is 2.49. The molecule has 2 aromatic heterocycles. The topological polar surface area (TPSA) is 84.3 Å². The number of methoxy groups -OCH3 is 1. The van der Waals surface area contributed by atoms with Gasteiger partial charge in [-0.2, -0.15) is 0 Å². The zero-order valence-corrected chi connectivity index (χ0v) is 10.3. The zero-order valence-electron chi connectivity index (χ0n) is 10.3. The first-order valence-corrected chi connectivity index (χ1v) is 5.61. The van der Waals surface area contributed by atoms with E-state index in [2.05, 4.69) is 15.3 Å². The van der Waals surface area contributed by atoms with E-state index in [0.29, 0.717) is 12.4 Å². The number of carbonyl (C=O) groups is 1. The summed E-state index contributed by atoms with van der Waals surface area (Å²) in [5.41, 5.74) is 1.78. The van der Waals surface area contributed by atoms with Crippen LogP contribution in [0.3, 0.4) is 0 Å². The van der Waals surface area contributed by atoms with Gasteiger partial charge in [-0.05, 0) is 23.8 Å². The minimum absolute atomic E-state index is 0.0242. The summed E-state index contributed by atoms with van der Waals surface area (Å²) >= 11 is 0. The second-order valence-electron chi connectivity index (χ2n) is 3.80. The fourth-order valence-electron chi connectivity index (χ4n) is 1.50. The molecule has 0 aliphatic heterocycles. The summed E-state index contributed by atoms with van der Waals surface area (Å²) in [6.45, 7) is 0.576. The third-order valence-electron chi connectivity index (χ3n) is 2.49. The molecule has 2 heterocycles. The normalized spacial score (nSPS) is 9.95. The van der Waals surface area contributed by atoms with Gasteiger partial charge < -0.3 is 15.2 Å². The smallest absolute Gasteiger partial charge is 0.354 e. The Balaban J connectivity index is 1.99. The number of anilines is 1. The molecule has 0 spiro atoms. The average Bonchev–Trinajstić information content (AvgIpc) is 2.46. The van der Waals surface area contributed by atoms with Gasteiger partial charge in [0.2, 0.25) is 5.88 Å². The largest absolute Gasteiger partial charge is 0.481 e. The van der Waals surface area contributed by atoms with Crippen LogP contribution in [-0.2, 0) is 6.54 Å². The zero-order chi connectivity index (χ0) is 13.7. The maximum atomic E-state index is 10.7. The minimum atomic E-state index is -1.04. The lowest BCUT2D eigenvalue weighted by atomic mass is 10.2. The van der Waals surface area contributed by atoms with Gasteiger partial charge in [-0.15, -0.1) is 0 Å². The second kappa shape index (κ2) is 5.81. The van der Waals surface area contributed by atoms with E-state index < -0.39 is 5.97 Å². The molecule has 0 fully saturated rings. The van der Waals surface area contributed by atoms with Gasteiger partial charge >= 0.3 is 5.97 Å². The van der Waals surface area contributed by atoms with Crippen LogP contribution in [0.2, 0.25) is 0 Å². The number of nitrogens with one attached hydrogen (secondary N) is 1. The number of nitrogens with zero attached hydrogens (tertiary/aromatic N) is 2. The molecule has 2 N–H and O–H groups in total. The fraction of sp³-hybridized carbons (Fsp3) is 0.154. The molecular formula is C13H13N3O3. The third kappa shape index (κ3) is 3.41. The SMILES string of the molecule is COc1cc(CNc2ccc(C(=O)O)nc2)ccn1. The lowest BCUT2D eigenvalue weighted by Gasteiger charge is -2.07. The number of rotatable bonds is 5. The van der Waals surface area contributed by atoms with Gasteiger partial charge in [-0.1, -0.05) is 0 Å². The van der Waals surface area contributed by atoms with E-state index in [1.807, 2.05) is 12.1 Å². The molecule has 0 radical (unpaired) electrons. The van der Waals surface area contributed by atoms with Crippen LogP contribution in [0, 0.1) is 0 Å². The fourth-order valence-corrected chi connectivity index (χ4v) is 1.50. The first kappa shape index (κ1) is 12.8. The van der Waals surface area contributed by atoms with Gasteiger partial charge in [-0.3, -0.25) is 0 Å². The number of hydrogen-bond donors (Lipinski definition) is 2. The summed E-state index contributed by atoms with van der Waals surface area (Å²) in [5, 5.41) is 11.9. The van der Waals surface area contributed by atoms with Gasteiger partial charge in [0, 0.05) is 18.8 Å². The maximum absolute atomic E-state index is 10.7. The first-order chi connectivity index (χ1) is 9.19. The van der Waals surface area contributed by atoms with Crippen LogP contribution in [0.25, 0.3) is 0 Å². The van der Waals surface area contributed by atoms with Gasteiger partial charge in [0.05, 0.1) is 19.0 Å². The monoisotopic (exact) mass is 259 g/mol. The van der Waals surface area contributed by atoms with Crippen molar-refractivity contribution >= 4 is 11.7 Å². The number of carboxylic acids is 1. The molecule has 2 rings (SSSR count). The standard InChI is InChI=1S/C13H13N3O3/c1-19-12-6-9(4-5-14-12)7-15-10-2-3-11(13(17)18)16-8-10/h2-6,8,15H,7H2,1H3,(H,17,18). The van der Waals surface area contributed by atoms with Crippen LogP contribution < -0.4 is 10.1 Å². The van der Waals surface area contributed by atoms with Gasteiger partial charge in [-0.25, -0.2) is 14.8 Å². The van der Waals surface area contributed by atoms with Crippen LogP contribution in [0.5, 0.6) is 5.88 Å². The molecule has 0 saturated carbocycles. The Morgan fingerprint density at radius 1 is 1.37 bits per heavy atom. The van der Waals surface area contributed by atoms with Crippen LogP contribution in [0.15, 0.2) is 36.7 Å². The van der Waals surface area contributed by atoms with Crippen LogP contribution in [0.1, 0.15) is 16.1 Å². The molecule has 19 heavy (non-hydrogen) atoms. The van der Waals surface area contributed by atoms with Crippen molar-refractivity contribution in [3.8, 4) is 5.88 Å². The van der Waals surface area contributed by atoms with Gasteiger partial charge in [0.1, 0.15) is 5.69 Å². The van der Waals surface area contributed by atoms with E-state index >= 15 is 0 Å². The highest BCUT2D eigenvalue weighted by Gasteiger charge is 2.03. The van der Waals surface area contributed by atoms with Crippen LogP contribution >= 0.6 is 0 Å². The Morgan fingerprint density at radius 3 is 2.84 bits per heavy atom. The molecule has 0 aliphatic rings. The van der Waals surface area contributed by atoms with Crippen molar-refractivity contribution in [2.45, 2.75) is 6.54 Å². The molecule has 0 saturated heterocycles. The molecule has 0 unspecified atom stereocenters. The number of pyridine rings is 2. The Morgan fingerprint density at radius 2 is 2.21 bits per heavy atom. The van der Waals surface area contributed by atoms with E-state index in [1.165, 1.54) is 12.3 Å². The van der Waals surface area contributed by atoms with Gasteiger partial charge in [0.15, 0.2) is 0 Å². The van der Waals surface area contributed by atoms with E-state index in [1.54, 1.807) is 19.4 Å². The predicted octanol–water partition coefficient (Wildman–Crippen LogP) is 1.80. The van der Waals surface area contributed by atoms with Crippen molar-refractivity contribution in [3.63, 3.8) is 0 Å². The summed E-state index contributed by atoms with van der Waals surface area (Å²) in [4.78, 5) is 18.5. The summed E-state index contributed by atoms with van der Waals surface area (Å²) in [6, 6.07) is 6.83.